The number of nitrogens with zero attached hydrogens (tertiary/aromatic N) is 2. The van der Waals surface area contributed by atoms with Gasteiger partial charge in [-0.1, -0.05) is 0 Å². The molecule has 3 rings (SSSR count). The van der Waals surface area contributed by atoms with Crippen LogP contribution in [0.3, 0.4) is 0 Å². The predicted octanol–water partition coefficient (Wildman–Crippen LogP) is 1.39. The molecule has 24 heavy (non-hydrogen) atoms. The summed E-state index contributed by atoms with van der Waals surface area (Å²) in [5.74, 6) is 0.595. The topological polar surface area (TPSA) is 47.6 Å². The summed E-state index contributed by atoms with van der Waals surface area (Å²) in [6, 6.07) is 0.449. The molecule has 1 spiro atoms. The van der Waals surface area contributed by atoms with Crippen LogP contribution in [0.4, 0.5) is 0 Å². The van der Waals surface area contributed by atoms with Crippen molar-refractivity contribution in [1.82, 2.24) is 20.4 Å². The van der Waals surface area contributed by atoms with Crippen LogP contribution in [0.2, 0.25) is 0 Å². The Labute approximate surface area is 164 Å². The molecular weight excluding hydrogens is 371 g/mol. The molecular formula is C16H33Cl3N4O. The second kappa shape index (κ2) is 10.4. The van der Waals surface area contributed by atoms with Gasteiger partial charge in [-0.05, 0) is 51.7 Å². The Hall–Kier alpha value is 0.220. The van der Waals surface area contributed by atoms with Gasteiger partial charge in [0.25, 0.3) is 0 Å². The minimum atomic E-state index is 0. The molecule has 2 heterocycles. The average molecular weight is 404 g/mol. The summed E-state index contributed by atoms with van der Waals surface area (Å²) in [5.41, 5.74) is 0.354. The van der Waals surface area contributed by atoms with Gasteiger partial charge in [-0.15, -0.1) is 37.2 Å². The lowest BCUT2D eigenvalue weighted by atomic mass is 9.92. The summed E-state index contributed by atoms with van der Waals surface area (Å²) in [4.78, 5) is 17.2. The Morgan fingerprint density at radius 3 is 2.33 bits per heavy atom. The highest BCUT2D eigenvalue weighted by Gasteiger charge is 2.57. The van der Waals surface area contributed by atoms with Gasteiger partial charge in [0.1, 0.15) is 0 Å². The minimum absolute atomic E-state index is 0. The quantitative estimate of drug-likeness (QED) is 0.745. The maximum atomic E-state index is 12.4. The van der Waals surface area contributed by atoms with E-state index >= 15 is 0 Å². The SMILES string of the molecule is CC(CNC(=O)C1CC12CCNCC2)N1CCN(C)CC1.Cl.Cl.Cl. The molecule has 0 aromatic heterocycles. The van der Waals surface area contributed by atoms with Gasteiger partial charge in [-0.2, -0.15) is 0 Å². The Kier molecular flexibility index (Phi) is 10.5. The van der Waals surface area contributed by atoms with Crippen molar-refractivity contribution in [2.45, 2.75) is 32.2 Å². The van der Waals surface area contributed by atoms with Crippen LogP contribution in [0.15, 0.2) is 0 Å². The Bertz CT molecular complexity index is 386. The standard InChI is InChI=1S/C16H30N4O.3ClH/c1-13(20-9-7-19(2)8-10-20)12-18-15(21)14-11-16(14)3-5-17-6-4-16;;;/h13-14,17H,3-12H2,1-2H3,(H,18,21);3*1H. The van der Waals surface area contributed by atoms with Crippen LogP contribution >= 0.6 is 37.2 Å². The Morgan fingerprint density at radius 2 is 1.75 bits per heavy atom. The van der Waals surface area contributed by atoms with Gasteiger partial charge >= 0.3 is 0 Å². The molecule has 0 radical (unpaired) electrons. The van der Waals surface area contributed by atoms with Gasteiger partial charge in [0.05, 0.1) is 0 Å². The highest BCUT2D eigenvalue weighted by atomic mass is 35.5. The highest BCUT2D eigenvalue weighted by Crippen LogP contribution is 2.58. The summed E-state index contributed by atoms with van der Waals surface area (Å²) < 4.78 is 0. The second-order valence-electron chi connectivity index (χ2n) is 7.30. The molecule has 2 atom stereocenters. The van der Waals surface area contributed by atoms with Crippen molar-refractivity contribution < 1.29 is 4.79 Å². The van der Waals surface area contributed by atoms with E-state index in [0.29, 0.717) is 23.3 Å². The lowest BCUT2D eigenvalue weighted by Gasteiger charge is -2.36. The molecule has 1 amide bonds. The lowest BCUT2D eigenvalue weighted by Crippen LogP contribution is -2.51. The van der Waals surface area contributed by atoms with E-state index in [-0.39, 0.29) is 37.2 Å². The molecule has 1 aliphatic carbocycles. The number of halogens is 3. The molecule has 2 aliphatic heterocycles. The van der Waals surface area contributed by atoms with Crippen LogP contribution in [0.1, 0.15) is 26.2 Å². The summed E-state index contributed by atoms with van der Waals surface area (Å²) in [6.45, 7) is 9.71. The van der Waals surface area contributed by atoms with E-state index in [0.717, 1.165) is 52.2 Å². The van der Waals surface area contributed by atoms with E-state index < -0.39 is 0 Å². The monoisotopic (exact) mass is 402 g/mol. The zero-order chi connectivity index (χ0) is 14.9. The van der Waals surface area contributed by atoms with E-state index in [4.69, 9.17) is 0 Å². The first-order valence-electron chi connectivity index (χ1n) is 8.52. The van der Waals surface area contributed by atoms with Crippen LogP contribution in [-0.4, -0.2) is 74.6 Å². The molecule has 1 saturated carbocycles. The summed E-state index contributed by atoms with van der Waals surface area (Å²) in [6.07, 6.45) is 3.47. The van der Waals surface area contributed by atoms with Crippen molar-refractivity contribution in [1.29, 1.82) is 0 Å². The van der Waals surface area contributed by atoms with Gasteiger partial charge in [-0.3, -0.25) is 9.69 Å². The van der Waals surface area contributed by atoms with Crippen molar-refractivity contribution in [3.05, 3.63) is 0 Å². The minimum Gasteiger partial charge on any atom is -0.354 e. The first-order chi connectivity index (χ1) is 10.1. The van der Waals surface area contributed by atoms with Crippen molar-refractivity contribution in [3.8, 4) is 0 Å². The maximum Gasteiger partial charge on any atom is 0.223 e. The fourth-order valence-electron chi connectivity index (χ4n) is 3.96. The zero-order valence-corrected chi connectivity index (χ0v) is 17.2. The van der Waals surface area contributed by atoms with Crippen LogP contribution < -0.4 is 10.6 Å². The first kappa shape index (κ1) is 24.2. The number of rotatable bonds is 4. The maximum absolute atomic E-state index is 12.4. The van der Waals surface area contributed by atoms with Gasteiger partial charge in [0.15, 0.2) is 0 Å². The molecule has 0 aromatic rings. The van der Waals surface area contributed by atoms with Crippen LogP contribution in [0.25, 0.3) is 0 Å². The number of amides is 1. The molecule has 0 bridgehead atoms. The number of carbonyl (C=O) groups is 1. The van der Waals surface area contributed by atoms with E-state index in [2.05, 4.69) is 34.4 Å². The van der Waals surface area contributed by atoms with Crippen molar-refractivity contribution >= 4 is 43.1 Å². The van der Waals surface area contributed by atoms with E-state index in [9.17, 15) is 4.79 Å². The molecule has 2 saturated heterocycles. The normalized spacial score (nSPS) is 27.2. The molecule has 5 nitrogen and oxygen atoms in total. The lowest BCUT2D eigenvalue weighted by molar-refractivity contribution is -0.123. The number of piperazine rings is 1. The number of likely N-dealkylation sites (N-methyl/N-ethyl adjacent to an activating group) is 1. The van der Waals surface area contributed by atoms with Gasteiger partial charge in [0, 0.05) is 44.7 Å². The highest BCUT2D eigenvalue weighted by molar-refractivity contribution is 5.86. The number of nitrogens with one attached hydrogen (secondary N) is 2. The molecule has 2 unspecified atom stereocenters. The number of piperidine rings is 1. The third-order valence-electron chi connectivity index (χ3n) is 5.84. The fourth-order valence-corrected chi connectivity index (χ4v) is 3.96. The third kappa shape index (κ3) is 5.61. The molecule has 3 aliphatic rings. The smallest absolute Gasteiger partial charge is 0.223 e. The second-order valence-corrected chi connectivity index (χ2v) is 7.30. The average Bonchev–Trinajstić information content (AvgIpc) is 3.19. The van der Waals surface area contributed by atoms with Crippen molar-refractivity contribution in [3.63, 3.8) is 0 Å². The number of hydrogen-bond donors (Lipinski definition) is 2. The van der Waals surface area contributed by atoms with E-state index in [1.807, 2.05) is 0 Å². The largest absolute Gasteiger partial charge is 0.354 e. The van der Waals surface area contributed by atoms with Gasteiger partial charge in [-0.25, -0.2) is 0 Å². The Morgan fingerprint density at radius 1 is 1.17 bits per heavy atom. The molecule has 144 valence electrons. The zero-order valence-electron chi connectivity index (χ0n) is 14.8. The van der Waals surface area contributed by atoms with Crippen LogP contribution in [0, 0.1) is 11.3 Å². The van der Waals surface area contributed by atoms with Gasteiger partial charge < -0.3 is 15.5 Å². The third-order valence-corrected chi connectivity index (χ3v) is 5.84. The van der Waals surface area contributed by atoms with Crippen LogP contribution in [0.5, 0.6) is 0 Å². The van der Waals surface area contributed by atoms with Crippen molar-refractivity contribution in [2.24, 2.45) is 11.3 Å². The first-order valence-corrected chi connectivity index (χ1v) is 8.52. The van der Waals surface area contributed by atoms with E-state index in [1.54, 1.807) is 0 Å². The summed E-state index contributed by atoms with van der Waals surface area (Å²) in [5, 5.41) is 6.60. The predicted molar refractivity (Wildman–Crippen MR) is 106 cm³/mol. The summed E-state index contributed by atoms with van der Waals surface area (Å²) in [7, 11) is 2.18. The molecule has 8 heteroatoms. The number of hydrogen-bond acceptors (Lipinski definition) is 4. The van der Waals surface area contributed by atoms with Gasteiger partial charge in [0.2, 0.25) is 5.91 Å². The molecule has 2 N–H and O–H groups in total. The fraction of sp³-hybridized carbons (Fsp3) is 0.938. The molecule has 3 fully saturated rings. The summed E-state index contributed by atoms with van der Waals surface area (Å²) >= 11 is 0. The van der Waals surface area contributed by atoms with Crippen LogP contribution in [-0.2, 0) is 4.79 Å². The molecule has 0 aromatic carbocycles. The van der Waals surface area contributed by atoms with Crippen molar-refractivity contribution in [2.75, 3.05) is 52.9 Å². The van der Waals surface area contributed by atoms with E-state index in [1.165, 1.54) is 12.8 Å². The Balaban J connectivity index is 0.00000176. The number of carbonyl (C=O) groups excluding carboxylic acids is 1.